The van der Waals surface area contributed by atoms with Gasteiger partial charge in [-0.05, 0) is 31.6 Å². The second-order valence-electron chi connectivity index (χ2n) is 8.30. The number of rotatable bonds is 7. The first-order chi connectivity index (χ1) is 16.8. The fraction of sp³-hybridized carbons (Fsp3) is 0.571. The van der Waals surface area contributed by atoms with Crippen LogP contribution in [0.2, 0.25) is 0 Å². The number of hydrogen-bond donors (Lipinski definition) is 0. The maximum atomic E-state index is 12.6. The number of nitrogens with zero attached hydrogens (tertiary/aromatic N) is 2. The molecule has 1 atom stereocenters. The van der Waals surface area contributed by atoms with Gasteiger partial charge < -0.3 is 23.7 Å². The minimum atomic E-state index is -5.81. The molecular weight excluding hydrogens is 522 g/mol. The molecule has 1 unspecified atom stereocenters. The minimum Gasteiger partial charge on any atom is -0.755 e. The van der Waals surface area contributed by atoms with Gasteiger partial charge in [0.05, 0.1) is 0 Å². The summed E-state index contributed by atoms with van der Waals surface area (Å²) in [5.74, 6) is -0.0585. The molecular formula is C21H23F6N2O6S-. The average molecular weight is 545 g/mol. The Morgan fingerprint density at radius 3 is 2.42 bits per heavy atom. The van der Waals surface area contributed by atoms with Crippen LogP contribution in [-0.4, -0.2) is 62.2 Å². The Balaban J connectivity index is 1.54. The molecule has 202 valence electrons. The van der Waals surface area contributed by atoms with Gasteiger partial charge >= 0.3 is 18.4 Å². The molecule has 8 nitrogen and oxygen atoms in total. The molecule has 1 saturated heterocycles. The number of alkyl halides is 6. The van der Waals surface area contributed by atoms with Gasteiger partial charge in [0.2, 0.25) is 5.88 Å². The van der Waals surface area contributed by atoms with E-state index in [0.29, 0.717) is 12.2 Å². The normalized spacial score (nSPS) is 20.1. The summed E-state index contributed by atoms with van der Waals surface area (Å²) in [5.41, 5.74) is 1.07. The van der Waals surface area contributed by atoms with Gasteiger partial charge in [0.15, 0.2) is 6.26 Å². The topological polar surface area (TPSA) is 91.4 Å². The van der Waals surface area contributed by atoms with Crippen molar-refractivity contribution < 1.29 is 54.1 Å². The number of amides is 1. The van der Waals surface area contributed by atoms with E-state index >= 15 is 0 Å². The fourth-order valence-electron chi connectivity index (χ4n) is 3.81. The van der Waals surface area contributed by atoms with Gasteiger partial charge in [-0.2, -0.15) is 26.3 Å². The Kier molecular flexibility index (Phi) is 8.98. The molecule has 1 fully saturated rings. The van der Waals surface area contributed by atoms with Crippen LogP contribution in [0.5, 0.6) is 0 Å². The summed E-state index contributed by atoms with van der Waals surface area (Å²) in [7, 11) is 0. The van der Waals surface area contributed by atoms with E-state index in [9.17, 15) is 39.9 Å². The molecule has 36 heavy (non-hydrogen) atoms. The zero-order chi connectivity index (χ0) is 26.5. The van der Waals surface area contributed by atoms with Crippen LogP contribution in [0.1, 0.15) is 32.1 Å². The van der Waals surface area contributed by atoms with E-state index < -0.39 is 35.8 Å². The van der Waals surface area contributed by atoms with Crippen molar-refractivity contribution in [1.82, 2.24) is 9.21 Å². The fourth-order valence-corrected chi connectivity index (χ4v) is 4.37. The minimum absolute atomic E-state index is 0.0900. The van der Waals surface area contributed by atoms with E-state index in [2.05, 4.69) is 4.74 Å². The Hall–Kier alpha value is -2.68. The molecule has 0 saturated carbocycles. The van der Waals surface area contributed by atoms with Crippen molar-refractivity contribution in [3.05, 3.63) is 48.0 Å². The summed E-state index contributed by atoms with van der Waals surface area (Å²) in [6.07, 6.45) is -6.94. The number of carbonyl (C=O) groups excluding carboxylic acids is 1. The molecule has 0 N–H and O–H groups in total. The second-order valence-corrected chi connectivity index (χ2v) is 9.18. The first kappa shape index (κ1) is 27.9. The SMILES string of the molecule is O=C(OC(C(F)(F)F)C(F)(F)F)N1CCC(CN(C2=COC=C(CC3=CC=CCC3)O2)S(=O)[O-])CC1. The molecule has 1 aliphatic carbocycles. The zero-order valence-electron chi connectivity index (χ0n) is 18.7. The highest BCUT2D eigenvalue weighted by Crippen LogP contribution is 2.36. The van der Waals surface area contributed by atoms with Crippen LogP contribution >= 0.6 is 0 Å². The van der Waals surface area contributed by atoms with Crippen LogP contribution in [-0.2, 0) is 25.5 Å². The van der Waals surface area contributed by atoms with Crippen molar-refractivity contribution in [2.24, 2.45) is 5.92 Å². The van der Waals surface area contributed by atoms with Crippen LogP contribution in [0.25, 0.3) is 0 Å². The van der Waals surface area contributed by atoms with Crippen LogP contribution < -0.4 is 0 Å². The molecule has 0 radical (unpaired) electrons. The molecule has 0 spiro atoms. The molecule has 1 amide bonds. The molecule has 3 aliphatic rings. The predicted molar refractivity (Wildman–Crippen MR) is 112 cm³/mol. The van der Waals surface area contributed by atoms with Crippen molar-refractivity contribution in [2.75, 3.05) is 19.6 Å². The Bertz CT molecular complexity index is 940. The maximum absolute atomic E-state index is 12.6. The number of carbonyl (C=O) groups is 1. The lowest BCUT2D eigenvalue weighted by Crippen LogP contribution is -2.49. The molecule has 3 rings (SSSR count). The smallest absolute Gasteiger partial charge is 0.434 e. The monoisotopic (exact) mass is 545 g/mol. The first-order valence-corrected chi connectivity index (χ1v) is 11.9. The van der Waals surface area contributed by atoms with Gasteiger partial charge in [-0.25, -0.2) is 4.79 Å². The summed E-state index contributed by atoms with van der Waals surface area (Å²) < 4.78 is 115. The van der Waals surface area contributed by atoms with Crippen molar-refractivity contribution in [3.63, 3.8) is 0 Å². The molecule has 15 heteroatoms. The highest BCUT2D eigenvalue weighted by Gasteiger charge is 2.60. The molecule has 0 aromatic heterocycles. The summed E-state index contributed by atoms with van der Waals surface area (Å²) in [6, 6.07) is 0. The Morgan fingerprint density at radius 2 is 1.86 bits per heavy atom. The first-order valence-electron chi connectivity index (χ1n) is 10.9. The van der Waals surface area contributed by atoms with E-state index in [1.807, 2.05) is 18.2 Å². The van der Waals surface area contributed by atoms with Gasteiger partial charge in [0.1, 0.15) is 12.0 Å². The Morgan fingerprint density at radius 1 is 1.19 bits per heavy atom. The number of allylic oxidation sites excluding steroid dienone is 4. The van der Waals surface area contributed by atoms with Crippen LogP contribution in [0.4, 0.5) is 31.1 Å². The predicted octanol–water partition coefficient (Wildman–Crippen LogP) is 4.78. The Labute approximate surface area is 205 Å². The lowest BCUT2D eigenvalue weighted by atomic mass is 9.97. The molecule has 2 heterocycles. The number of piperidine rings is 1. The lowest BCUT2D eigenvalue weighted by Gasteiger charge is -2.37. The van der Waals surface area contributed by atoms with Crippen LogP contribution in [0.15, 0.2) is 48.0 Å². The number of hydrogen-bond acceptors (Lipinski definition) is 6. The molecule has 2 aliphatic heterocycles. The summed E-state index contributed by atoms with van der Waals surface area (Å²) in [6.45, 7) is -0.524. The third kappa shape index (κ3) is 7.66. The molecule has 0 aromatic carbocycles. The summed E-state index contributed by atoms with van der Waals surface area (Å²) >= 11 is -2.77. The number of ether oxygens (including phenoxy) is 3. The largest absolute Gasteiger partial charge is 0.755 e. The molecule has 0 aromatic rings. The zero-order valence-corrected chi connectivity index (χ0v) is 19.5. The third-order valence-corrected chi connectivity index (χ3v) is 6.33. The van der Waals surface area contributed by atoms with E-state index in [-0.39, 0.29) is 44.3 Å². The standard InChI is InChI=1S/C21H24F6N2O6S/c22-20(23,24)18(21(25,26)27)35-19(30)28-8-6-15(7-9-28)11-29(36(31)32)17-13-33-12-16(34-17)10-14-4-2-1-3-5-14/h1-2,4,12-13,15,18H,3,5-11H2,(H,31,32)/p-1. The van der Waals surface area contributed by atoms with Gasteiger partial charge in [0.25, 0.3) is 6.10 Å². The lowest BCUT2D eigenvalue weighted by molar-refractivity contribution is -0.308. The highest BCUT2D eigenvalue weighted by molar-refractivity contribution is 7.76. The van der Waals surface area contributed by atoms with E-state index in [1.165, 1.54) is 6.26 Å². The number of halogens is 6. The maximum Gasteiger partial charge on any atom is 0.434 e. The summed E-state index contributed by atoms with van der Waals surface area (Å²) in [5, 5.41) is 0. The van der Waals surface area contributed by atoms with E-state index in [4.69, 9.17) is 9.47 Å². The quantitative estimate of drug-likeness (QED) is 0.338. The second kappa shape index (κ2) is 11.6. The van der Waals surface area contributed by atoms with Crippen molar-refractivity contribution in [1.29, 1.82) is 0 Å². The van der Waals surface area contributed by atoms with Crippen LogP contribution in [0, 0.1) is 5.92 Å². The van der Waals surface area contributed by atoms with Gasteiger partial charge in [-0.3, -0.25) is 8.51 Å². The van der Waals surface area contributed by atoms with E-state index in [0.717, 1.165) is 33.9 Å². The van der Waals surface area contributed by atoms with Crippen molar-refractivity contribution in [3.8, 4) is 0 Å². The molecule has 0 bridgehead atoms. The summed E-state index contributed by atoms with van der Waals surface area (Å²) in [4.78, 5) is 12.6. The number of likely N-dealkylation sites (tertiary alicyclic amines) is 1. The average Bonchev–Trinajstić information content (AvgIpc) is 2.80. The van der Waals surface area contributed by atoms with Crippen molar-refractivity contribution in [2.45, 2.75) is 50.6 Å². The van der Waals surface area contributed by atoms with Gasteiger partial charge in [-0.15, -0.1) is 0 Å². The van der Waals surface area contributed by atoms with E-state index in [1.54, 1.807) is 0 Å². The van der Waals surface area contributed by atoms with Crippen molar-refractivity contribution >= 4 is 17.4 Å². The van der Waals surface area contributed by atoms with Crippen LogP contribution in [0.3, 0.4) is 0 Å². The third-order valence-electron chi connectivity index (χ3n) is 5.64. The van der Waals surface area contributed by atoms with Gasteiger partial charge in [0, 0.05) is 37.3 Å². The van der Waals surface area contributed by atoms with Gasteiger partial charge in [-0.1, -0.05) is 23.8 Å². The highest BCUT2D eigenvalue weighted by atomic mass is 32.2.